The number of nitrogens with one attached hydrogen (secondary N) is 2. The molecule has 8 nitrogen and oxygen atoms in total. The molecule has 208 valence electrons. The van der Waals surface area contributed by atoms with Gasteiger partial charge in [0.05, 0.1) is 17.8 Å². The summed E-state index contributed by atoms with van der Waals surface area (Å²) in [6, 6.07) is 5.86. The van der Waals surface area contributed by atoms with Crippen LogP contribution in [0.5, 0.6) is 0 Å². The maximum atomic E-state index is 13.7. The molecular weight excluding hydrogens is 492 g/mol. The third-order valence-corrected chi connectivity index (χ3v) is 9.35. The second kappa shape index (κ2) is 11.3. The Hall–Kier alpha value is -2.97. The summed E-state index contributed by atoms with van der Waals surface area (Å²) in [7, 11) is 0. The van der Waals surface area contributed by atoms with E-state index in [4.69, 9.17) is 9.47 Å². The van der Waals surface area contributed by atoms with E-state index in [1.165, 1.54) is 5.56 Å². The van der Waals surface area contributed by atoms with Crippen molar-refractivity contribution in [2.75, 3.05) is 31.7 Å². The van der Waals surface area contributed by atoms with E-state index in [2.05, 4.69) is 46.9 Å². The molecule has 2 aromatic rings. The van der Waals surface area contributed by atoms with Gasteiger partial charge in [0.15, 0.2) is 0 Å². The van der Waals surface area contributed by atoms with E-state index >= 15 is 0 Å². The second-order valence-electron chi connectivity index (χ2n) is 11.9. The van der Waals surface area contributed by atoms with Gasteiger partial charge in [-0.2, -0.15) is 5.10 Å². The first-order valence-corrected chi connectivity index (χ1v) is 14.7. The minimum Gasteiger partial charge on any atom is -0.381 e. The van der Waals surface area contributed by atoms with Crippen molar-refractivity contribution in [1.82, 2.24) is 15.1 Å². The number of anilines is 1. The lowest BCUT2D eigenvalue weighted by Crippen LogP contribution is -2.49. The van der Waals surface area contributed by atoms with Crippen LogP contribution < -0.4 is 10.6 Å². The topological polar surface area (TPSA) is 94.5 Å². The third kappa shape index (κ3) is 5.54. The average molecular weight is 533 g/mol. The lowest BCUT2D eigenvalue weighted by Gasteiger charge is -2.33. The highest BCUT2D eigenvalue weighted by atomic mass is 16.5. The summed E-state index contributed by atoms with van der Waals surface area (Å²) in [6.45, 7) is 5.23. The minimum atomic E-state index is -0.595. The number of amides is 2. The van der Waals surface area contributed by atoms with E-state index in [0.717, 1.165) is 75.8 Å². The zero-order chi connectivity index (χ0) is 26.8. The van der Waals surface area contributed by atoms with Crippen molar-refractivity contribution in [3.63, 3.8) is 0 Å². The molecule has 3 fully saturated rings. The van der Waals surface area contributed by atoms with Gasteiger partial charge in [0, 0.05) is 43.7 Å². The predicted octanol–water partition coefficient (Wildman–Crippen LogP) is 4.87. The number of benzene rings is 1. The third-order valence-electron chi connectivity index (χ3n) is 9.35. The quantitative estimate of drug-likeness (QED) is 0.553. The zero-order valence-electron chi connectivity index (χ0n) is 22.9. The van der Waals surface area contributed by atoms with Gasteiger partial charge in [0.2, 0.25) is 5.91 Å². The Labute approximate surface area is 230 Å². The van der Waals surface area contributed by atoms with Gasteiger partial charge in [-0.1, -0.05) is 38.0 Å². The average Bonchev–Trinajstić information content (AvgIpc) is 3.59. The van der Waals surface area contributed by atoms with Crippen LogP contribution in [0.3, 0.4) is 0 Å². The normalized spacial score (nSPS) is 25.3. The molecule has 2 saturated heterocycles. The summed E-state index contributed by atoms with van der Waals surface area (Å²) in [5.74, 6) is 0.364. The fraction of sp³-hybridized carbons (Fsp3) is 0.581. The summed E-state index contributed by atoms with van der Waals surface area (Å²) in [5, 5.41) is 10.7. The van der Waals surface area contributed by atoms with Crippen LogP contribution >= 0.6 is 0 Å². The smallest absolute Gasteiger partial charge is 0.255 e. The lowest BCUT2D eigenvalue weighted by atomic mass is 9.76. The van der Waals surface area contributed by atoms with Crippen LogP contribution in [-0.4, -0.2) is 54.1 Å². The molecule has 2 N–H and O–H groups in total. The van der Waals surface area contributed by atoms with Crippen LogP contribution in [0, 0.1) is 11.8 Å². The number of allylic oxidation sites excluding steroid dienone is 1. The van der Waals surface area contributed by atoms with Gasteiger partial charge in [-0.05, 0) is 73.6 Å². The molecule has 8 heteroatoms. The summed E-state index contributed by atoms with van der Waals surface area (Å²) in [6.07, 6.45) is 15.6. The van der Waals surface area contributed by atoms with Crippen molar-refractivity contribution < 1.29 is 19.1 Å². The predicted molar refractivity (Wildman–Crippen MR) is 150 cm³/mol. The second-order valence-corrected chi connectivity index (χ2v) is 11.9. The van der Waals surface area contributed by atoms with Crippen molar-refractivity contribution >= 4 is 23.6 Å². The number of hydrogen-bond acceptors (Lipinski definition) is 5. The van der Waals surface area contributed by atoms with Gasteiger partial charge in [-0.3, -0.25) is 14.3 Å². The van der Waals surface area contributed by atoms with Crippen LogP contribution in [0.15, 0.2) is 36.7 Å². The highest BCUT2D eigenvalue weighted by Gasteiger charge is 2.37. The Kier molecular flexibility index (Phi) is 7.58. The highest BCUT2D eigenvalue weighted by molar-refractivity contribution is 6.01. The van der Waals surface area contributed by atoms with Gasteiger partial charge in [-0.15, -0.1) is 0 Å². The van der Waals surface area contributed by atoms with E-state index in [1.807, 2.05) is 16.9 Å². The molecule has 6 rings (SSSR count). The molecule has 4 aliphatic rings. The molecule has 1 aromatic carbocycles. The Morgan fingerprint density at radius 3 is 2.54 bits per heavy atom. The molecule has 2 aliphatic heterocycles. The molecule has 0 bridgehead atoms. The van der Waals surface area contributed by atoms with Gasteiger partial charge in [0.25, 0.3) is 5.91 Å². The number of aromatic nitrogens is 2. The number of ether oxygens (including phenoxy) is 2. The number of hydrogen-bond donors (Lipinski definition) is 2. The molecule has 2 amide bonds. The van der Waals surface area contributed by atoms with Gasteiger partial charge >= 0.3 is 0 Å². The van der Waals surface area contributed by atoms with Crippen LogP contribution in [0.2, 0.25) is 0 Å². The number of carbonyl (C=O) groups excluding carboxylic acids is 2. The summed E-state index contributed by atoms with van der Waals surface area (Å²) >= 11 is 0. The summed E-state index contributed by atoms with van der Waals surface area (Å²) in [4.78, 5) is 27.1. The fourth-order valence-corrected chi connectivity index (χ4v) is 6.81. The lowest BCUT2D eigenvalue weighted by molar-refractivity contribution is -0.119. The number of fused-ring (bicyclic) bond motifs is 2. The maximum absolute atomic E-state index is 13.7. The Bertz CT molecular complexity index is 1220. The van der Waals surface area contributed by atoms with Crippen LogP contribution in [-0.2, 0) is 19.7 Å². The van der Waals surface area contributed by atoms with Crippen molar-refractivity contribution in [3.8, 4) is 0 Å². The Balaban J connectivity index is 1.17. The van der Waals surface area contributed by atoms with E-state index in [-0.39, 0.29) is 29.2 Å². The molecule has 1 atom stereocenters. The molecule has 0 unspecified atom stereocenters. The number of carbonyl (C=O) groups is 2. The largest absolute Gasteiger partial charge is 0.381 e. The molecule has 39 heavy (non-hydrogen) atoms. The highest BCUT2D eigenvalue weighted by Crippen LogP contribution is 2.44. The SMILES string of the molecule is C[C@H]1CC[C@H]([C@H](NC(=O)c2cnn(C3CCOCC3)c2)C(=O)Nc2ccc3c(c2)C=CC32CCOCC2)CC1. The van der Waals surface area contributed by atoms with Crippen molar-refractivity contribution in [1.29, 1.82) is 0 Å². The van der Waals surface area contributed by atoms with Gasteiger partial charge < -0.3 is 20.1 Å². The van der Waals surface area contributed by atoms with Crippen LogP contribution in [0.1, 0.15) is 85.8 Å². The first-order valence-electron chi connectivity index (χ1n) is 14.7. The first kappa shape index (κ1) is 26.3. The van der Waals surface area contributed by atoms with Gasteiger partial charge in [-0.25, -0.2) is 0 Å². The van der Waals surface area contributed by atoms with Gasteiger partial charge in [0.1, 0.15) is 6.04 Å². The monoisotopic (exact) mass is 532 g/mol. The van der Waals surface area contributed by atoms with Crippen LogP contribution in [0.25, 0.3) is 6.08 Å². The Morgan fingerprint density at radius 2 is 1.77 bits per heavy atom. The van der Waals surface area contributed by atoms with Crippen molar-refractivity contribution in [2.45, 2.75) is 75.8 Å². The number of rotatable bonds is 6. The molecule has 1 aromatic heterocycles. The number of nitrogens with zero attached hydrogens (tertiary/aromatic N) is 2. The first-order chi connectivity index (χ1) is 19.0. The maximum Gasteiger partial charge on any atom is 0.255 e. The molecular formula is C31H40N4O4. The molecule has 0 radical (unpaired) electrons. The standard InChI is InChI=1S/C31H40N4O4/c1-21-2-4-22(5-3-21)28(34-29(36)24-19-32-35(20-24)26-9-14-38-15-10-26)30(37)33-25-6-7-27-23(18-25)8-11-31(27)12-16-39-17-13-31/h6-8,11,18-22,26,28H,2-5,9-10,12-17H2,1H3,(H,33,37)(H,34,36)/t21-,22-,28-/m0/s1. The molecule has 3 heterocycles. The van der Waals surface area contributed by atoms with Crippen molar-refractivity contribution in [3.05, 3.63) is 53.4 Å². The molecule has 1 spiro atoms. The fourth-order valence-electron chi connectivity index (χ4n) is 6.81. The van der Waals surface area contributed by atoms with Crippen molar-refractivity contribution in [2.24, 2.45) is 11.8 Å². The summed E-state index contributed by atoms with van der Waals surface area (Å²) in [5.41, 5.74) is 3.79. The Morgan fingerprint density at radius 1 is 1.03 bits per heavy atom. The minimum absolute atomic E-state index is 0.0561. The van der Waals surface area contributed by atoms with E-state index in [9.17, 15) is 9.59 Å². The van der Waals surface area contributed by atoms with E-state index in [1.54, 1.807) is 6.20 Å². The van der Waals surface area contributed by atoms with E-state index < -0.39 is 6.04 Å². The zero-order valence-corrected chi connectivity index (χ0v) is 22.9. The molecule has 1 saturated carbocycles. The summed E-state index contributed by atoms with van der Waals surface area (Å²) < 4.78 is 12.9. The molecule has 2 aliphatic carbocycles. The van der Waals surface area contributed by atoms with Crippen LogP contribution in [0.4, 0.5) is 5.69 Å². The van der Waals surface area contributed by atoms with E-state index in [0.29, 0.717) is 24.7 Å².